The molecule has 1 saturated carbocycles. The van der Waals surface area contributed by atoms with Crippen molar-refractivity contribution in [3.05, 3.63) is 76.1 Å². The fourth-order valence-corrected chi connectivity index (χ4v) is 7.72. The molecule has 16 nitrogen and oxygen atoms in total. The van der Waals surface area contributed by atoms with Gasteiger partial charge in [0.2, 0.25) is 11.3 Å². The average Bonchev–Trinajstić information content (AvgIpc) is 3.90. The molecule has 4 aromatic rings. The molecule has 5 atom stereocenters. The number of halogens is 1. The molecule has 7 rings (SSSR count). The highest BCUT2D eigenvalue weighted by Gasteiger charge is 2.43. The zero-order valence-corrected chi connectivity index (χ0v) is 29.3. The molecule has 1 aliphatic carbocycles. The van der Waals surface area contributed by atoms with Gasteiger partial charge in [-0.25, -0.2) is 9.18 Å². The normalized spacial score (nSPS) is 23.7. The van der Waals surface area contributed by atoms with Crippen LogP contribution in [0, 0.1) is 5.82 Å². The zero-order chi connectivity index (χ0) is 37.4. The number of carboxylic acids is 1. The quantitative estimate of drug-likeness (QED) is 0.119. The molecule has 282 valence electrons. The predicted molar refractivity (Wildman–Crippen MR) is 190 cm³/mol. The van der Waals surface area contributed by atoms with Gasteiger partial charge >= 0.3 is 5.97 Å². The van der Waals surface area contributed by atoms with E-state index in [-0.39, 0.29) is 29.3 Å². The number of hydrogen-bond donors (Lipinski definition) is 6. The first-order chi connectivity index (χ1) is 25.5. The van der Waals surface area contributed by atoms with Crippen LogP contribution < -0.4 is 15.6 Å². The van der Waals surface area contributed by atoms with Crippen molar-refractivity contribution in [1.29, 1.82) is 0 Å². The number of thioether (sulfide) groups is 1. The van der Waals surface area contributed by atoms with E-state index in [0.717, 1.165) is 36.4 Å². The van der Waals surface area contributed by atoms with Gasteiger partial charge in [0.25, 0.3) is 0 Å². The number of rotatable bonds is 12. The molecule has 3 aliphatic rings. The van der Waals surface area contributed by atoms with Crippen LogP contribution in [0.1, 0.15) is 41.4 Å². The summed E-state index contributed by atoms with van der Waals surface area (Å²) in [7, 11) is 0. The number of anilines is 2. The molecule has 0 unspecified atom stereocenters. The number of piperazine rings is 1. The summed E-state index contributed by atoms with van der Waals surface area (Å²) in [5.74, 6) is -2.13. The van der Waals surface area contributed by atoms with E-state index in [1.165, 1.54) is 6.20 Å². The molecule has 4 heterocycles. The number of aliphatic hydroxyl groups is 4. The summed E-state index contributed by atoms with van der Waals surface area (Å²) in [5.41, 5.74) is 0.242. The van der Waals surface area contributed by atoms with Gasteiger partial charge in [-0.2, -0.15) is 0 Å². The van der Waals surface area contributed by atoms with Crippen molar-refractivity contribution < 1.29 is 44.2 Å². The van der Waals surface area contributed by atoms with Crippen LogP contribution in [-0.2, 0) is 22.6 Å². The number of ether oxygens (including phenoxy) is 1. The Morgan fingerprint density at radius 2 is 1.74 bits per heavy atom. The van der Waals surface area contributed by atoms with Crippen LogP contribution in [0.25, 0.3) is 10.9 Å². The fraction of sp³-hybridized carbons (Fsp3) is 0.457. The van der Waals surface area contributed by atoms with Gasteiger partial charge in [-0.05, 0) is 49.2 Å². The summed E-state index contributed by atoms with van der Waals surface area (Å²) in [5, 5.41) is 60.5. The van der Waals surface area contributed by atoms with Crippen molar-refractivity contribution in [2.75, 3.05) is 43.0 Å². The topological polar surface area (TPSA) is 216 Å². The third-order valence-corrected chi connectivity index (χ3v) is 10.9. The molecule has 2 aromatic carbocycles. The molecular formula is C35H40FN7O9S. The summed E-state index contributed by atoms with van der Waals surface area (Å²) >= 11 is 1.12. The predicted octanol–water partition coefficient (Wildman–Crippen LogP) is 1.01. The standard InChI is InChI=1S/C35H40FN7O9S/c36-25-13-23-26(43(21-3-4-21)17-24(30(23)46)34(50)51)14-27(25)41-11-9-40(10-12-41)15-20-16-42(39-38-20)8-7-29(45)37-19-1-5-22(6-2-19)53-35-33(49)32(48)31(47)28(18-44)52-35/h1-2,5-6,13-14,16-17,21,28,31-33,35,44,47-49H,3-4,7-12,15,18H2,(H,37,45)(H,50,51)/t28-,31+,32+,33-,35+/m1/s1. The van der Waals surface area contributed by atoms with E-state index in [0.29, 0.717) is 61.1 Å². The lowest BCUT2D eigenvalue weighted by Crippen LogP contribution is -2.57. The highest BCUT2D eigenvalue weighted by Crippen LogP contribution is 2.38. The first-order valence-corrected chi connectivity index (χ1v) is 18.2. The van der Waals surface area contributed by atoms with Gasteiger partial charge in [0, 0.05) is 73.5 Å². The molecule has 0 spiro atoms. The van der Waals surface area contributed by atoms with E-state index in [4.69, 9.17) is 4.74 Å². The van der Waals surface area contributed by atoms with Gasteiger partial charge < -0.3 is 45.1 Å². The SMILES string of the molecule is O=C(CCn1cc(CN2CCN(c3cc4c(cc3F)c(=O)c(C(=O)O)cn4C3CC3)CC2)nn1)Nc1ccc(S[C@@H]2O[C@H](CO)[C@H](O)[C@H](O)[C@H]2O)cc1. The smallest absolute Gasteiger partial charge is 0.341 e. The summed E-state index contributed by atoms with van der Waals surface area (Å²) in [6.07, 6.45) is -0.188. The lowest BCUT2D eigenvalue weighted by molar-refractivity contribution is -0.205. The van der Waals surface area contributed by atoms with Crippen molar-refractivity contribution in [1.82, 2.24) is 24.5 Å². The molecule has 18 heteroatoms. The maximum Gasteiger partial charge on any atom is 0.341 e. The minimum absolute atomic E-state index is 0.0677. The molecule has 6 N–H and O–H groups in total. The lowest BCUT2D eigenvalue weighted by atomic mass is 10.0. The minimum atomic E-state index is -1.46. The Bertz CT molecular complexity index is 2030. The largest absolute Gasteiger partial charge is 0.477 e. The van der Waals surface area contributed by atoms with Crippen LogP contribution in [0.4, 0.5) is 15.8 Å². The summed E-state index contributed by atoms with van der Waals surface area (Å²) in [6.45, 7) is 2.63. The lowest BCUT2D eigenvalue weighted by Gasteiger charge is -2.39. The molecule has 53 heavy (non-hydrogen) atoms. The number of hydrogen-bond acceptors (Lipinski definition) is 13. The molecule has 2 saturated heterocycles. The van der Waals surface area contributed by atoms with Crippen molar-refractivity contribution in [3.8, 4) is 0 Å². The van der Waals surface area contributed by atoms with Crippen LogP contribution in [-0.4, -0.2) is 125 Å². The van der Waals surface area contributed by atoms with Crippen molar-refractivity contribution in [2.24, 2.45) is 0 Å². The molecule has 1 amide bonds. The van der Waals surface area contributed by atoms with Gasteiger partial charge in [-0.15, -0.1) is 5.10 Å². The van der Waals surface area contributed by atoms with Crippen LogP contribution >= 0.6 is 11.8 Å². The third-order valence-electron chi connectivity index (χ3n) is 9.76. The number of carboxylic acid groups (broad SMARTS) is 1. The number of amides is 1. The highest BCUT2D eigenvalue weighted by molar-refractivity contribution is 7.99. The minimum Gasteiger partial charge on any atom is -0.477 e. The Kier molecular flexibility index (Phi) is 10.8. The van der Waals surface area contributed by atoms with E-state index in [1.807, 2.05) is 4.90 Å². The Labute approximate surface area is 306 Å². The Balaban J connectivity index is 0.883. The number of aromatic nitrogens is 4. The number of carbonyl (C=O) groups excluding carboxylic acids is 1. The second kappa shape index (κ2) is 15.5. The van der Waals surface area contributed by atoms with Crippen LogP contribution in [0.3, 0.4) is 0 Å². The number of nitrogens with one attached hydrogen (secondary N) is 1. The summed E-state index contributed by atoms with van der Waals surface area (Å²) in [6, 6.07) is 9.73. The van der Waals surface area contributed by atoms with Gasteiger partial charge in [0.1, 0.15) is 41.2 Å². The number of nitrogens with zero attached hydrogens (tertiary/aromatic N) is 6. The first-order valence-electron chi connectivity index (χ1n) is 17.3. The zero-order valence-electron chi connectivity index (χ0n) is 28.5. The van der Waals surface area contributed by atoms with Crippen LogP contribution in [0.15, 0.2) is 58.5 Å². The van der Waals surface area contributed by atoms with E-state index >= 15 is 4.39 Å². The number of fused-ring (bicyclic) bond motifs is 1. The number of aliphatic hydroxyl groups excluding tert-OH is 4. The van der Waals surface area contributed by atoms with Crippen LogP contribution in [0.2, 0.25) is 0 Å². The molecule has 3 fully saturated rings. The van der Waals surface area contributed by atoms with Crippen LogP contribution in [0.5, 0.6) is 0 Å². The van der Waals surface area contributed by atoms with Gasteiger partial charge in [-0.3, -0.25) is 19.2 Å². The number of pyridine rings is 1. The number of benzene rings is 2. The summed E-state index contributed by atoms with van der Waals surface area (Å²) in [4.78, 5) is 41.9. The number of aromatic carboxylic acids is 1. The van der Waals surface area contributed by atoms with Crippen molar-refractivity contribution in [2.45, 2.75) is 73.1 Å². The maximum atomic E-state index is 15.4. The summed E-state index contributed by atoms with van der Waals surface area (Å²) < 4.78 is 24.3. The van der Waals surface area contributed by atoms with E-state index in [9.17, 15) is 39.9 Å². The average molecular weight is 754 g/mol. The van der Waals surface area contributed by atoms with E-state index in [2.05, 4.69) is 20.5 Å². The molecule has 2 aromatic heterocycles. The van der Waals surface area contributed by atoms with Crippen molar-refractivity contribution >= 4 is 45.9 Å². The Morgan fingerprint density at radius 1 is 1.00 bits per heavy atom. The van der Waals surface area contributed by atoms with Crippen molar-refractivity contribution in [3.63, 3.8) is 0 Å². The van der Waals surface area contributed by atoms with E-state index < -0.39 is 53.7 Å². The highest BCUT2D eigenvalue weighted by atomic mass is 32.2. The molecule has 0 radical (unpaired) electrons. The Morgan fingerprint density at radius 3 is 2.42 bits per heavy atom. The maximum absolute atomic E-state index is 15.4. The Hall–Kier alpha value is -4.43. The second-order valence-corrected chi connectivity index (χ2v) is 14.7. The first kappa shape index (κ1) is 36.9. The monoisotopic (exact) mass is 753 g/mol. The van der Waals surface area contributed by atoms with Gasteiger partial charge in [0.15, 0.2) is 0 Å². The molecular weight excluding hydrogens is 713 g/mol. The van der Waals surface area contributed by atoms with Gasteiger partial charge in [0.05, 0.1) is 30.0 Å². The van der Waals surface area contributed by atoms with E-state index in [1.54, 1.807) is 45.8 Å². The third kappa shape index (κ3) is 8.08. The number of aryl methyl sites for hydroxylation is 1. The molecule has 2 aliphatic heterocycles. The second-order valence-electron chi connectivity index (χ2n) is 13.5. The number of carbonyl (C=O) groups is 2. The molecule has 0 bridgehead atoms. The fourth-order valence-electron chi connectivity index (χ4n) is 6.66. The van der Waals surface area contributed by atoms with Gasteiger partial charge in [-0.1, -0.05) is 17.0 Å².